The van der Waals surface area contributed by atoms with E-state index >= 15 is 0 Å². The lowest BCUT2D eigenvalue weighted by molar-refractivity contribution is 0.111. The molecular weight excluding hydrogens is 162 g/mol. The van der Waals surface area contributed by atoms with Crippen molar-refractivity contribution in [3.63, 3.8) is 0 Å². The van der Waals surface area contributed by atoms with Gasteiger partial charge in [-0.25, -0.2) is 4.98 Å². The van der Waals surface area contributed by atoms with Crippen LogP contribution in [0.25, 0.3) is 0 Å². The lowest BCUT2D eigenvalue weighted by Gasteiger charge is -1.94. The first-order valence-electron chi connectivity index (χ1n) is 2.99. The highest BCUT2D eigenvalue weighted by molar-refractivity contribution is 7.84. The zero-order chi connectivity index (χ0) is 8.27. The van der Waals surface area contributed by atoms with Gasteiger partial charge in [0.1, 0.15) is 10.7 Å². The number of rotatable bonds is 2. The molecule has 0 aromatic carbocycles. The molecule has 0 amide bonds. The van der Waals surface area contributed by atoms with Gasteiger partial charge in [0.2, 0.25) is 0 Å². The Morgan fingerprint density at radius 3 is 2.82 bits per heavy atom. The molecule has 0 fully saturated rings. The van der Waals surface area contributed by atoms with Crippen LogP contribution in [0.1, 0.15) is 10.5 Å². The second-order valence-corrected chi connectivity index (χ2v) is 3.30. The average Bonchev–Trinajstić information content (AvgIpc) is 2.05. The van der Waals surface area contributed by atoms with E-state index in [0.29, 0.717) is 17.0 Å². The smallest absolute Gasteiger partial charge is 0.168 e. The Morgan fingerprint density at radius 1 is 1.55 bits per heavy atom. The SMILES string of the molecule is CS(=O)c1cccc(C=O)n1. The third-order valence-corrected chi connectivity index (χ3v) is 1.98. The lowest BCUT2D eigenvalue weighted by atomic mass is 10.4. The summed E-state index contributed by atoms with van der Waals surface area (Å²) >= 11 is 0. The molecule has 0 bridgehead atoms. The van der Waals surface area contributed by atoms with Crippen LogP contribution in [0, 0.1) is 0 Å². The number of pyridine rings is 1. The van der Waals surface area contributed by atoms with Gasteiger partial charge in [0, 0.05) is 6.26 Å². The van der Waals surface area contributed by atoms with Crippen molar-refractivity contribution < 1.29 is 9.00 Å². The monoisotopic (exact) mass is 169 g/mol. The third kappa shape index (κ3) is 1.94. The molecular formula is C7H7NO2S. The molecule has 1 rings (SSSR count). The van der Waals surface area contributed by atoms with E-state index < -0.39 is 10.8 Å². The maximum Gasteiger partial charge on any atom is 0.168 e. The third-order valence-electron chi connectivity index (χ3n) is 1.16. The van der Waals surface area contributed by atoms with Gasteiger partial charge in [-0.1, -0.05) is 6.07 Å². The zero-order valence-electron chi connectivity index (χ0n) is 5.98. The summed E-state index contributed by atoms with van der Waals surface area (Å²) in [5.74, 6) is 0. The van der Waals surface area contributed by atoms with Crippen LogP contribution in [-0.2, 0) is 10.8 Å². The molecule has 1 unspecified atom stereocenters. The van der Waals surface area contributed by atoms with Crippen LogP contribution in [0.3, 0.4) is 0 Å². The molecule has 4 heteroatoms. The zero-order valence-corrected chi connectivity index (χ0v) is 6.80. The highest BCUT2D eigenvalue weighted by atomic mass is 32.2. The van der Waals surface area contributed by atoms with E-state index in [1.165, 1.54) is 6.26 Å². The molecule has 1 heterocycles. The van der Waals surface area contributed by atoms with Gasteiger partial charge < -0.3 is 0 Å². The number of nitrogens with zero attached hydrogens (tertiary/aromatic N) is 1. The molecule has 0 radical (unpaired) electrons. The van der Waals surface area contributed by atoms with E-state index in [0.717, 1.165) is 0 Å². The number of aldehydes is 1. The second kappa shape index (κ2) is 3.39. The molecule has 0 spiro atoms. The second-order valence-electron chi connectivity index (χ2n) is 1.97. The maximum atomic E-state index is 10.8. The Bertz CT molecular complexity index is 298. The summed E-state index contributed by atoms with van der Waals surface area (Å²) in [4.78, 5) is 14.0. The van der Waals surface area contributed by atoms with E-state index in [1.807, 2.05) is 0 Å². The fraction of sp³-hybridized carbons (Fsp3) is 0.143. The molecule has 0 aliphatic heterocycles. The Labute approximate surface area is 66.9 Å². The maximum absolute atomic E-state index is 10.8. The number of carbonyl (C=O) groups is 1. The molecule has 3 nitrogen and oxygen atoms in total. The predicted octanol–water partition coefficient (Wildman–Crippen LogP) is 0.631. The van der Waals surface area contributed by atoms with Gasteiger partial charge in [0.15, 0.2) is 6.29 Å². The molecule has 1 atom stereocenters. The van der Waals surface area contributed by atoms with Gasteiger partial charge in [-0.2, -0.15) is 0 Å². The van der Waals surface area contributed by atoms with Crippen LogP contribution in [0.5, 0.6) is 0 Å². The minimum atomic E-state index is -1.11. The van der Waals surface area contributed by atoms with Gasteiger partial charge in [0.25, 0.3) is 0 Å². The van der Waals surface area contributed by atoms with E-state index in [1.54, 1.807) is 18.2 Å². The highest BCUT2D eigenvalue weighted by Crippen LogP contribution is 2.00. The molecule has 0 aliphatic carbocycles. The van der Waals surface area contributed by atoms with Gasteiger partial charge in [-0.05, 0) is 12.1 Å². The van der Waals surface area contributed by atoms with Crippen molar-refractivity contribution in [2.75, 3.05) is 6.26 Å². The summed E-state index contributed by atoms with van der Waals surface area (Å²) < 4.78 is 10.8. The quantitative estimate of drug-likeness (QED) is 0.610. The Balaban J connectivity index is 3.10. The lowest BCUT2D eigenvalue weighted by Crippen LogP contribution is -1.94. The fourth-order valence-electron chi connectivity index (χ4n) is 0.657. The summed E-state index contributed by atoms with van der Waals surface area (Å²) in [6.07, 6.45) is 2.16. The van der Waals surface area contributed by atoms with Gasteiger partial charge in [-0.15, -0.1) is 0 Å². The van der Waals surface area contributed by atoms with Crippen LogP contribution in [0.4, 0.5) is 0 Å². The molecule has 0 saturated carbocycles. The van der Waals surface area contributed by atoms with Crippen LogP contribution < -0.4 is 0 Å². The van der Waals surface area contributed by atoms with Crippen molar-refractivity contribution in [2.45, 2.75) is 5.03 Å². The molecule has 11 heavy (non-hydrogen) atoms. The van der Waals surface area contributed by atoms with E-state index in [-0.39, 0.29) is 0 Å². The Hall–Kier alpha value is -1.03. The van der Waals surface area contributed by atoms with E-state index in [9.17, 15) is 9.00 Å². The number of aromatic nitrogens is 1. The summed E-state index contributed by atoms with van der Waals surface area (Å²) in [5.41, 5.74) is 0.317. The Kier molecular flexibility index (Phi) is 2.48. The predicted molar refractivity (Wildman–Crippen MR) is 42.0 cm³/mol. The summed E-state index contributed by atoms with van der Waals surface area (Å²) in [6.45, 7) is 0. The standard InChI is InChI=1S/C7H7NO2S/c1-11(10)7-4-2-3-6(5-9)8-7/h2-5H,1H3. The van der Waals surface area contributed by atoms with Gasteiger partial charge in [0.05, 0.1) is 10.8 Å². The molecule has 0 aliphatic rings. The highest BCUT2D eigenvalue weighted by Gasteiger charge is 1.98. The molecule has 58 valence electrons. The topological polar surface area (TPSA) is 47.0 Å². The first kappa shape index (κ1) is 8.07. The van der Waals surface area contributed by atoms with Gasteiger partial charge in [-0.3, -0.25) is 9.00 Å². The van der Waals surface area contributed by atoms with E-state index in [2.05, 4.69) is 4.98 Å². The number of carbonyl (C=O) groups excluding carboxylic acids is 1. The molecule has 0 saturated heterocycles. The van der Waals surface area contributed by atoms with Crippen molar-refractivity contribution >= 4 is 17.1 Å². The molecule has 0 N–H and O–H groups in total. The van der Waals surface area contributed by atoms with Crippen molar-refractivity contribution in [2.24, 2.45) is 0 Å². The minimum Gasteiger partial charge on any atom is -0.296 e. The summed E-state index contributed by atoms with van der Waals surface area (Å²) in [6, 6.07) is 4.86. The van der Waals surface area contributed by atoms with Crippen molar-refractivity contribution in [1.82, 2.24) is 4.98 Å². The van der Waals surface area contributed by atoms with Gasteiger partial charge >= 0.3 is 0 Å². The minimum absolute atomic E-state index is 0.317. The van der Waals surface area contributed by atoms with E-state index in [4.69, 9.17) is 0 Å². The summed E-state index contributed by atoms with van der Waals surface area (Å²) in [7, 11) is -1.11. The van der Waals surface area contributed by atoms with Crippen molar-refractivity contribution in [3.05, 3.63) is 23.9 Å². The van der Waals surface area contributed by atoms with Crippen LogP contribution in [0.2, 0.25) is 0 Å². The average molecular weight is 169 g/mol. The Morgan fingerprint density at radius 2 is 2.27 bits per heavy atom. The number of hydrogen-bond donors (Lipinski definition) is 0. The van der Waals surface area contributed by atoms with Crippen molar-refractivity contribution in [1.29, 1.82) is 0 Å². The number of hydrogen-bond acceptors (Lipinski definition) is 3. The first-order valence-corrected chi connectivity index (χ1v) is 4.55. The molecule has 1 aromatic heterocycles. The first-order chi connectivity index (χ1) is 5.24. The van der Waals surface area contributed by atoms with Crippen LogP contribution in [-0.4, -0.2) is 21.7 Å². The van der Waals surface area contributed by atoms with Crippen molar-refractivity contribution in [3.8, 4) is 0 Å². The van der Waals surface area contributed by atoms with Crippen LogP contribution >= 0.6 is 0 Å². The molecule has 1 aromatic rings. The summed E-state index contributed by atoms with van der Waals surface area (Å²) in [5, 5.41) is 0.439. The largest absolute Gasteiger partial charge is 0.296 e. The normalized spacial score (nSPS) is 12.5. The van der Waals surface area contributed by atoms with Crippen LogP contribution in [0.15, 0.2) is 23.2 Å². The fourth-order valence-corrected chi connectivity index (χ4v) is 1.16.